The maximum Gasteiger partial charge on any atom is 0.134 e. The van der Waals surface area contributed by atoms with Gasteiger partial charge in [-0.1, -0.05) is 13.3 Å². The van der Waals surface area contributed by atoms with Crippen LogP contribution in [0, 0.1) is 0 Å². The zero-order chi connectivity index (χ0) is 9.26. The Labute approximate surface area is 76.8 Å². The van der Waals surface area contributed by atoms with E-state index < -0.39 is 0 Å². The summed E-state index contributed by atoms with van der Waals surface area (Å²) in [6, 6.07) is 5.52. The number of aryl methyl sites for hydroxylation is 1. The second-order valence-electron chi connectivity index (χ2n) is 3.19. The van der Waals surface area contributed by atoms with Crippen molar-refractivity contribution in [3.8, 4) is 5.75 Å². The molecular formula is C11H12O2. The summed E-state index contributed by atoms with van der Waals surface area (Å²) in [6.45, 7) is 2.09. The number of furan rings is 1. The van der Waals surface area contributed by atoms with E-state index in [0.29, 0.717) is 5.75 Å². The standard InChI is InChI=1S/C11H12O2/c1-2-3-8-7-11-9(4-5-13-11)6-10(8)12/h4-7,12H,2-3H2,1H3. The van der Waals surface area contributed by atoms with Crippen LogP contribution in [0.3, 0.4) is 0 Å². The Morgan fingerprint density at radius 3 is 3.00 bits per heavy atom. The van der Waals surface area contributed by atoms with Gasteiger partial charge in [-0.2, -0.15) is 0 Å². The average Bonchev–Trinajstić information content (AvgIpc) is 2.52. The van der Waals surface area contributed by atoms with E-state index in [4.69, 9.17) is 4.42 Å². The van der Waals surface area contributed by atoms with E-state index in [1.807, 2.05) is 12.1 Å². The number of rotatable bonds is 2. The zero-order valence-corrected chi connectivity index (χ0v) is 7.58. The second kappa shape index (κ2) is 3.13. The second-order valence-corrected chi connectivity index (χ2v) is 3.19. The van der Waals surface area contributed by atoms with Crippen LogP contribution in [0.1, 0.15) is 18.9 Å². The fraction of sp³-hybridized carbons (Fsp3) is 0.273. The first-order valence-corrected chi connectivity index (χ1v) is 4.50. The third-order valence-electron chi connectivity index (χ3n) is 2.17. The number of benzene rings is 1. The quantitative estimate of drug-likeness (QED) is 0.762. The highest BCUT2D eigenvalue weighted by molar-refractivity contribution is 5.79. The molecule has 1 aromatic carbocycles. The van der Waals surface area contributed by atoms with Crippen LogP contribution in [0.4, 0.5) is 0 Å². The molecule has 1 heterocycles. The van der Waals surface area contributed by atoms with Gasteiger partial charge in [0.2, 0.25) is 0 Å². The molecule has 0 fully saturated rings. The van der Waals surface area contributed by atoms with Gasteiger partial charge in [0.05, 0.1) is 6.26 Å². The molecule has 0 aliphatic rings. The lowest BCUT2D eigenvalue weighted by molar-refractivity contribution is 0.468. The molecule has 0 aliphatic heterocycles. The van der Waals surface area contributed by atoms with Crippen LogP contribution in [-0.2, 0) is 6.42 Å². The summed E-state index contributed by atoms with van der Waals surface area (Å²) in [5, 5.41) is 10.6. The van der Waals surface area contributed by atoms with Crippen molar-refractivity contribution in [1.82, 2.24) is 0 Å². The molecule has 68 valence electrons. The molecule has 0 saturated heterocycles. The van der Waals surface area contributed by atoms with Crippen LogP contribution in [0.15, 0.2) is 28.9 Å². The SMILES string of the molecule is CCCc1cc2occc2cc1O. The van der Waals surface area contributed by atoms with Crippen LogP contribution in [0.2, 0.25) is 0 Å². The summed E-state index contributed by atoms with van der Waals surface area (Å²) in [7, 11) is 0. The van der Waals surface area contributed by atoms with Gasteiger partial charge in [-0.3, -0.25) is 0 Å². The van der Waals surface area contributed by atoms with Gasteiger partial charge in [0.25, 0.3) is 0 Å². The van der Waals surface area contributed by atoms with E-state index in [1.54, 1.807) is 12.3 Å². The van der Waals surface area contributed by atoms with Crippen molar-refractivity contribution in [2.75, 3.05) is 0 Å². The third-order valence-corrected chi connectivity index (χ3v) is 2.17. The van der Waals surface area contributed by atoms with Crippen molar-refractivity contribution in [2.45, 2.75) is 19.8 Å². The van der Waals surface area contributed by atoms with E-state index >= 15 is 0 Å². The third kappa shape index (κ3) is 1.39. The highest BCUT2D eigenvalue weighted by Gasteiger charge is 2.04. The summed E-state index contributed by atoms with van der Waals surface area (Å²) in [4.78, 5) is 0. The number of hydrogen-bond acceptors (Lipinski definition) is 2. The first-order chi connectivity index (χ1) is 6.31. The van der Waals surface area contributed by atoms with Crippen molar-refractivity contribution < 1.29 is 9.52 Å². The lowest BCUT2D eigenvalue weighted by Gasteiger charge is -2.01. The van der Waals surface area contributed by atoms with Gasteiger partial charge in [-0.15, -0.1) is 0 Å². The number of phenolic OH excluding ortho intramolecular Hbond substituents is 1. The molecule has 13 heavy (non-hydrogen) atoms. The first kappa shape index (κ1) is 8.17. The molecule has 0 spiro atoms. The summed E-state index contributed by atoms with van der Waals surface area (Å²) >= 11 is 0. The molecule has 1 aromatic heterocycles. The first-order valence-electron chi connectivity index (χ1n) is 4.50. The highest BCUT2D eigenvalue weighted by atomic mass is 16.3. The number of aromatic hydroxyl groups is 1. The van der Waals surface area contributed by atoms with Crippen molar-refractivity contribution >= 4 is 11.0 Å². The minimum absolute atomic E-state index is 0.371. The predicted octanol–water partition coefficient (Wildman–Crippen LogP) is 3.09. The molecule has 2 aromatic rings. The molecule has 0 radical (unpaired) electrons. The zero-order valence-electron chi connectivity index (χ0n) is 7.58. The van der Waals surface area contributed by atoms with Crippen LogP contribution < -0.4 is 0 Å². The molecule has 0 saturated carbocycles. The molecule has 2 heteroatoms. The van der Waals surface area contributed by atoms with Crippen molar-refractivity contribution in [1.29, 1.82) is 0 Å². The van der Waals surface area contributed by atoms with E-state index in [-0.39, 0.29) is 0 Å². The minimum atomic E-state index is 0.371. The normalized spacial score (nSPS) is 10.8. The molecule has 0 atom stereocenters. The van der Waals surface area contributed by atoms with Gasteiger partial charge in [-0.25, -0.2) is 0 Å². The van der Waals surface area contributed by atoms with Gasteiger partial charge in [0.1, 0.15) is 11.3 Å². The topological polar surface area (TPSA) is 33.4 Å². The van der Waals surface area contributed by atoms with Crippen molar-refractivity contribution in [3.63, 3.8) is 0 Å². The smallest absolute Gasteiger partial charge is 0.134 e. The Hall–Kier alpha value is -1.44. The molecule has 2 nitrogen and oxygen atoms in total. The number of phenols is 1. The summed E-state index contributed by atoms with van der Waals surface area (Å²) in [6.07, 6.45) is 3.56. The average molecular weight is 176 g/mol. The highest BCUT2D eigenvalue weighted by Crippen LogP contribution is 2.26. The summed E-state index contributed by atoms with van der Waals surface area (Å²) in [5.41, 5.74) is 1.81. The fourth-order valence-corrected chi connectivity index (χ4v) is 1.51. The van der Waals surface area contributed by atoms with E-state index in [2.05, 4.69) is 6.92 Å². The predicted molar refractivity (Wildman–Crippen MR) is 51.9 cm³/mol. The number of fused-ring (bicyclic) bond motifs is 1. The van der Waals surface area contributed by atoms with Crippen molar-refractivity contribution in [2.24, 2.45) is 0 Å². The molecule has 0 bridgehead atoms. The maximum atomic E-state index is 9.62. The summed E-state index contributed by atoms with van der Waals surface area (Å²) in [5.74, 6) is 0.371. The molecule has 0 amide bonds. The molecule has 0 aliphatic carbocycles. The van der Waals surface area contributed by atoms with Gasteiger partial charge >= 0.3 is 0 Å². The largest absolute Gasteiger partial charge is 0.508 e. The van der Waals surface area contributed by atoms with Gasteiger partial charge in [-0.05, 0) is 30.2 Å². The molecular weight excluding hydrogens is 164 g/mol. The molecule has 1 N–H and O–H groups in total. The maximum absolute atomic E-state index is 9.62. The van der Waals surface area contributed by atoms with Crippen LogP contribution in [-0.4, -0.2) is 5.11 Å². The Balaban J connectivity index is 2.56. The lowest BCUT2D eigenvalue weighted by atomic mass is 10.1. The molecule has 0 unspecified atom stereocenters. The van der Waals surface area contributed by atoms with Crippen LogP contribution in [0.5, 0.6) is 5.75 Å². The van der Waals surface area contributed by atoms with Gasteiger partial charge in [0, 0.05) is 5.39 Å². The molecule has 2 rings (SSSR count). The number of hydrogen-bond donors (Lipinski definition) is 1. The Bertz CT molecular complexity index is 415. The Morgan fingerprint density at radius 2 is 2.23 bits per heavy atom. The van der Waals surface area contributed by atoms with E-state index in [0.717, 1.165) is 29.4 Å². The summed E-state index contributed by atoms with van der Waals surface area (Å²) < 4.78 is 5.25. The van der Waals surface area contributed by atoms with E-state index in [1.165, 1.54) is 0 Å². The monoisotopic (exact) mass is 176 g/mol. The Morgan fingerprint density at radius 1 is 1.38 bits per heavy atom. The lowest BCUT2D eigenvalue weighted by Crippen LogP contribution is -1.83. The Kier molecular flexibility index (Phi) is 1.97. The fourth-order valence-electron chi connectivity index (χ4n) is 1.51. The van der Waals surface area contributed by atoms with E-state index in [9.17, 15) is 5.11 Å². The van der Waals surface area contributed by atoms with Gasteiger partial charge in [0.15, 0.2) is 0 Å². The van der Waals surface area contributed by atoms with Gasteiger partial charge < -0.3 is 9.52 Å². The van der Waals surface area contributed by atoms with Crippen LogP contribution in [0.25, 0.3) is 11.0 Å². The minimum Gasteiger partial charge on any atom is -0.508 e. The van der Waals surface area contributed by atoms with Crippen LogP contribution >= 0.6 is 0 Å². The van der Waals surface area contributed by atoms with Crippen molar-refractivity contribution in [3.05, 3.63) is 30.0 Å².